The van der Waals surface area contributed by atoms with Crippen LogP contribution in [0, 0.1) is 0 Å². The van der Waals surface area contributed by atoms with Crippen LogP contribution < -0.4 is 9.47 Å². The number of rotatable bonds is 5. The van der Waals surface area contributed by atoms with Gasteiger partial charge in [-0.2, -0.15) is 0 Å². The molecule has 0 saturated carbocycles. The number of amides is 1. The quantitative estimate of drug-likeness (QED) is 0.399. The van der Waals surface area contributed by atoms with Gasteiger partial charge in [0.1, 0.15) is 23.7 Å². The fourth-order valence-electron chi connectivity index (χ4n) is 3.97. The van der Waals surface area contributed by atoms with E-state index < -0.39 is 0 Å². The monoisotopic (exact) mass is 483 g/mol. The molecule has 4 nitrogen and oxygen atoms in total. The fraction of sp³-hybridized carbons (Fsp3) is 0.296. The molecule has 172 valence electrons. The number of carbonyl (C=O) groups excluding carboxylic acids is 1. The van der Waals surface area contributed by atoms with E-state index in [1.165, 1.54) is 5.56 Å². The summed E-state index contributed by atoms with van der Waals surface area (Å²) in [6, 6.07) is 20.6. The third-order valence-electron chi connectivity index (χ3n) is 5.42. The summed E-state index contributed by atoms with van der Waals surface area (Å²) >= 11 is 12.3. The first-order valence-corrected chi connectivity index (χ1v) is 11.7. The summed E-state index contributed by atoms with van der Waals surface area (Å²) in [7, 11) is 0. The van der Waals surface area contributed by atoms with Crippen LogP contribution in [0.3, 0.4) is 0 Å². The Morgan fingerprint density at radius 1 is 0.939 bits per heavy atom. The number of ether oxygens (including phenoxy) is 2. The predicted molar refractivity (Wildman–Crippen MR) is 133 cm³/mol. The number of hydrogen-bond donors (Lipinski definition) is 0. The highest BCUT2D eigenvalue weighted by Crippen LogP contribution is 2.28. The highest BCUT2D eigenvalue weighted by atomic mass is 35.5. The van der Waals surface area contributed by atoms with E-state index in [0.717, 1.165) is 17.1 Å². The molecule has 0 saturated heterocycles. The Kier molecular flexibility index (Phi) is 6.87. The first-order chi connectivity index (χ1) is 15.7. The molecule has 1 aliphatic heterocycles. The van der Waals surface area contributed by atoms with Crippen LogP contribution in [0.5, 0.6) is 11.5 Å². The van der Waals surface area contributed by atoms with Crippen molar-refractivity contribution in [2.24, 2.45) is 0 Å². The third kappa shape index (κ3) is 6.01. The van der Waals surface area contributed by atoms with Crippen molar-refractivity contribution in [3.63, 3.8) is 0 Å². The number of hydrogen-bond acceptors (Lipinski definition) is 3. The number of halogens is 2. The average Bonchev–Trinajstić information content (AvgIpc) is 2.76. The second-order valence-electron chi connectivity index (χ2n) is 9.21. The highest BCUT2D eigenvalue weighted by molar-refractivity contribution is 6.35. The van der Waals surface area contributed by atoms with E-state index in [4.69, 9.17) is 32.7 Å². The van der Waals surface area contributed by atoms with Crippen LogP contribution in [0.15, 0.2) is 66.7 Å². The Morgan fingerprint density at radius 3 is 2.18 bits per heavy atom. The van der Waals surface area contributed by atoms with E-state index in [-0.39, 0.29) is 17.6 Å². The number of fused-ring (bicyclic) bond motifs is 1. The molecule has 0 radical (unpaired) electrons. The minimum absolute atomic E-state index is 0.114. The van der Waals surface area contributed by atoms with Crippen molar-refractivity contribution in [2.45, 2.75) is 45.4 Å². The van der Waals surface area contributed by atoms with Gasteiger partial charge in [-0.05, 0) is 80.8 Å². The molecule has 0 bridgehead atoms. The zero-order valence-corrected chi connectivity index (χ0v) is 20.5. The lowest BCUT2D eigenvalue weighted by atomic mass is 9.93. The molecule has 6 heteroatoms. The molecular formula is C27H27Cl2NO3. The smallest absolute Gasteiger partial charge is 0.254 e. The van der Waals surface area contributed by atoms with Crippen molar-refractivity contribution >= 4 is 29.1 Å². The van der Waals surface area contributed by atoms with Crippen molar-refractivity contribution in [1.82, 2.24) is 4.90 Å². The number of nitrogens with zero attached hydrogens (tertiary/aromatic N) is 1. The maximum absolute atomic E-state index is 13.4. The predicted octanol–water partition coefficient (Wildman–Crippen LogP) is 6.82. The van der Waals surface area contributed by atoms with Crippen molar-refractivity contribution in [3.05, 3.63) is 93.5 Å². The van der Waals surface area contributed by atoms with E-state index in [1.54, 1.807) is 18.2 Å². The summed E-state index contributed by atoms with van der Waals surface area (Å²) in [4.78, 5) is 15.3. The molecule has 1 amide bonds. The van der Waals surface area contributed by atoms with Gasteiger partial charge < -0.3 is 14.4 Å². The Labute approximate surface area is 205 Å². The van der Waals surface area contributed by atoms with Gasteiger partial charge in [0.25, 0.3) is 5.91 Å². The van der Waals surface area contributed by atoms with E-state index in [9.17, 15) is 4.79 Å². The van der Waals surface area contributed by atoms with Gasteiger partial charge in [0.2, 0.25) is 0 Å². The lowest BCUT2D eigenvalue weighted by molar-refractivity contribution is 0.0566. The highest BCUT2D eigenvalue weighted by Gasteiger charge is 2.31. The van der Waals surface area contributed by atoms with Crippen molar-refractivity contribution in [2.75, 3.05) is 6.61 Å². The molecule has 4 rings (SSSR count). The summed E-state index contributed by atoms with van der Waals surface area (Å²) in [5, 5.41) is 0.877. The molecule has 0 fully saturated rings. The standard InChI is InChI=1S/C27H27Cl2NO3/c1-27(2,3)33-25-10-8-24(9-11-25)32-17-23-14-18-6-4-5-7-19(18)16-30(23)26(31)20-12-21(28)15-22(29)13-20/h4-13,15,23H,14,16-17H2,1-3H3/t23-/m0/s1. The number of benzene rings is 3. The Hall–Kier alpha value is -2.69. The Bertz CT molecular complexity index is 1120. The number of carbonyl (C=O) groups is 1. The van der Waals surface area contributed by atoms with Crippen LogP contribution >= 0.6 is 23.2 Å². The van der Waals surface area contributed by atoms with Crippen LogP contribution in [0.4, 0.5) is 0 Å². The SMILES string of the molecule is CC(C)(C)Oc1ccc(OC[C@@H]2Cc3ccccc3CN2C(=O)c2cc(Cl)cc(Cl)c2)cc1. The fourth-order valence-corrected chi connectivity index (χ4v) is 4.49. The van der Waals surface area contributed by atoms with E-state index >= 15 is 0 Å². The molecule has 0 aliphatic carbocycles. The first kappa shape index (κ1) is 23.5. The van der Waals surface area contributed by atoms with Gasteiger partial charge in [-0.3, -0.25) is 4.79 Å². The van der Waals surface area contributed by atoms with Crippen molar-refractivity contribution in [3.8, 4) is 11.5 Å². The van der Waals surface area contributed by atoms with Gasteiger partial charge in [-0.1, -0.05) is 47.5 Å². The normalized spacial score (nSPS) is 15.7. The molecule has 1 heterocycles. The zero-order valence-electron chi connectivity index (χ0n) is 19.0. The van der Waals surface area contributed by atoms with Gasteiger partial charge in [-0.25, -0.2) is 0 Å². The van der Waals surface area contributed by atoms with E-state index in [2.05, 4.69) is 12.1 Å². The molecule has 0 unspecified atom stereocenters. The summed E-state index contributed by atoms with van der Waals surface area (Å²) in [6.07, 6.45) is 0.710. The molecule has 1 aliphatic rings. The molecule has 0 aromatic heterocycles. The minimum atomic E-state index is -0.262. The Balaban J connectivity index is 1.53. The van der Waals surface area contributed by atoms with Crippen molar-refractivity contribution in [1.29, 1.82) is 0 Å². The van der Waals surface area contributed by atoms with Crippen LogP contribution in [0.25, 0.3) is 0 Å². The third-order valence-corrected chi connectivity index (χ3v) is 5.85. The summed E-state index contributed by atoms with van der Waals surface area (Å²) in [5.74, 6) is 1.40. The molecule has 33 heavy (non-hydrogen) atoms. The molecule has 1 atom stereocenters. The summed E-state index contributed by atoms with van der Waals surface area (Å²) < 4.78 is 12.0. The average molecular weight is 484 g/mol. The topological polar surface area (TPSA) is 38.8 Å². The largest absolute Gasteiger partial charge is 0.491 e. The van der Waals surface area contributed by atoms with Crippen LogP contribution in [0.1, 0.15) is 42.3 Å². The van der Waals surface area contributed by atoms with Crippen LogP contribution in [0.2, 0.25) is 10.0 Å². The van der Waals surface area contributed by atoms with Gasteiger partial charge in [0, 0.05) is 22.2 Å². The van der Waals surface area contributed by atoms with Gasteiger partial charge in [0.15, 0.2) is 0 Å². The van der Waals surface area contributed by atoms with Crippen molar-refractivity contribution < 1.29 is 14.3 Å². The molecule has 3 aromatic carbocycles. The lowest BCUT2D eigenvalue weighted by Gasteiger charge is -2.37. The summed E-state index contributed by atoms with van der Waals surface area (Å²) in [5.41, 5.74) is 2.58. The molecule has 0 spiro atoms. The second kappa shape index (κ2) is 9.66. The Morgan fingerprint density at radius 2 is 1.55 bits per heavy atom. The molecular weight excluding hydrogens is 457 g/mol. The second-order valence-corrected chi connectivity index (χ2v) is 10.1. The van der Waals surface area contributed by atoms with Crippen LogP contribution in [-0.4, -0.2) is 29.1 Å². The zero-order chi connectivity index (χ0) is 23.6. The summed E-state index contributed by atoms with van der Waals surface area (Å²) in [6.45, 7) is 6.91. The molecule has 3 aromatic rings. The van der Waals surface area contributed by atoms with E-state index in [0.29, 0.717) is 35.2 Å². The van der Waals surface area contributed by atoms with E-state index in [1.807, 2.05) is 62.1 Å². The van der Waals surface area contributed by atoms with Gasteiger partial charge in [0.05, 0.1) is 6.04 Å². The maximum Gasteiger partial charge on any atom is 0.254 e. The van der Waals surface area contributed by atoms with Gasteiger partial charge >= 0.3 is 0 Å². The maximum atomic E-state index is 13.4. The van der Waals surface area contributed by atoms with Crippen LogP contribution in [-0.2, 0) is 13.0 Å². The molecule has 0 N–H and O–H groups in total. The minimum Gasteiger partial charge on any atom is -0.491 e. The first-order valence-electron chi connectivity index (χ1n) is 10.9. The lowest BCUT2D eigenvalue weighted by Crippen LogP contribution is -2.47. The van der Waals surface area contributed by atoms with Gasteiger partial charge in [-0.15, -0.1) is 0 Å².